The first-order chi connectivity index (χ1) is 14.4. The smallest absolute Gasteiger partial charge is 0.387 e. The minimum Gasteiger partial charge on any atom is -0.434 e. The third-order valence-corrected chi connectivity index (χ3v) is 4.59. The van der Waals surface area contributed by atoms with Gasteiger partial charge in [0, 0.05) is 16.6 Å². The topological polar surface area (TPSA) is 95.7 Å². The molecule has 4 rings (SSSR count). The normalized spacial score (nSPS) is 10.6. The molecule has 7 nitrogen and oxygen atoms in total. The number of alkyl halides is 2. The summed E-state index contributed by atoms with van der Waals surface area (Å²) in [6, 6.07) is 9.98. The van der Waals surface area contributed by atoms with Crippen molar-refractivity contribution < 1.29 is 18.3 Å². The average molecular weight is 413 g/mol. The second kappa shape index (κ2) is 9.17. The molecule has 0 radical (unpaired) electrons. The Kier molecular flexibility index (Phi) is 6.41. The number of nitrogens with one attached hydrogen (secondary N) is 3. The van der Waals surface area contributed by atoms with E-state index in [-0.39, 0.29) is 5.75 Å². The van der Waals surface area contributed by atoms with Crippen LogP contribution in [-0.2, 0) is 4.79 Å². The van der Waals surface area contributed by atoms with Gasteiger partial charge in [-0.1, -0.05) is 12.1 Å². The number of hydrogen-bond acceptors (Lipinski definition) is 4. The van der Waals surface area contributed by atoms with E-state index in [0.29, 0.717) is 29.0 Å². The van der Waals surface area contributed by atoms with Crippen LogP contribution < -0.4 is 10.1 Å². The van der Waals surface area contributed by atoms with E-state index >= 15 is 0 Å². The van der Waals surface area contributed by atoms with Crippen LogP contribution in [0.4, 0.5) is 14.5 Å². The Labute approximate surface area is 171 Å². The molecule has 3 aromatic heterocycles. The molecule has 0 bridgehead atoms. The molecule has 0 atom stereocenters. The highest BCUT2D eigenvalue weighted by Gasteiger charge is 2.13. The number of pyridine rings is 1. The fourth-order valence-electron chi connectivity index (χ4n) is 2.80. The molecule has 1 aromatic carbocycles. The molecule has 0 aliphatic carbocycles. The third-order valence-electron chi connectivity index (χ3n) is 4.59. The molecule has 3 heterocycles. The second-order valence-corrected chi connectivity index (χ2v) is 6.54. The number of H-pyrrole nitrogens is 2. The van der Waals surface area contributed by atoms with Crippen LogP contribution in [0.2, 0.25) is 0 Å². The number of nitrogens with zero attached hydrogens (tertiary/aromatic N) is 2. The lowest BCUT2D eigenvalue weighted by Gasteiger charge is -2.08. The van der Waals surface area contributed by atoms with Crippen LogP contribution in [0.5, 0.6) is 5.75 Å². The Morgan fingerprint density at radius 1 is 1.17 bits per heavy atom. The van der Waals surface area contributed by atoms with E-state index in [1.807, 2.05) is 13.8 Å². The number of fused-ring (bicyclic) bond motifs is 1. The number of aromatic nitrogens is 4. The van der Waals surface area contributed by atoms with Crippen LogP contribution in [0.3, 0.4) is 0 Å². The van der Waals surface area contributed by atoms with E-state index in [0.717, 1.165) is 11.1 Å². The van der Waals surface area contributed by atoms with Gasteiger partial charge in [0.15, 0.2) is 0 Å². The van der Waals surface area contributed by atoms with Crippen LogP contribution in [0.15, 0.2) is 42.6 Å². The fourth-order valence-corrected chi connectivity index (χ4v) is 2.80. The van der Waals surface area contributed by atoms with Crippen LogP contribution >= 0.6 is 0 Å². The molecule has 4 aromatic rings. The van der Waals surface area contributed by atoms with Gasteiger partial charge in [-0.2, -0.15) is 13.9 Å². The number of amides is 1. The zero-order valence-corrected chi connectivity index (χ0v) is 16.7. The number of benzene rings is 1. The minimum absolute atomic E-state index is 0.0790. The summed E-state index contributed by atoms with van der Waals surface area (Å²) in [6.07, 6.45) is 2.06. The van der Waals surface area contributed by atoms with E-state index in [2.05, 4.69) is 37.1 Å². The van der Waals surface area contributed by atoms with Crippen molar-refractivity contribution in [2.75, 3.05) is 5.32 Å². The van der Waals surface area contributed by atoms with Crippen molar-refractivity contribution in [1.82, 2.24) is 20.2 Å². The second-order valence-electron chi connectivity index (χ2n) is 6.54. The summed E-state index contributed by atoms with van der Waals surface area (Å²) in [7, 11) is 0. The zero-order chi connectivity index (χ0) is 21.7. The lowest BCUT2D eigenvalue weighted by atomic mass is 10.1. The minimum atomic E-state index is -2.90. The monoisotopic (exact) mass is 413 g/mol. The Morgan fingerprint density at radius 3 is 2.53 bits per heavy atom. The number of carbonyl (C=O) groups excluding carboxylic acids is 1. The van der Waals surface area contributed by atoms with Crippen molar-refractivity contribution in [2.24, 2.45) is 0 Å². The molecule has 0 fully saturated rings. The van der Waals surface area contributed by atoms with Crippen molar-refractivity contribution in [3.8, 4) is 17.0 Å². The Balaban J connectivity index is 0.000000269. The van der Waals surface area contributed by atoms with Gasteiger partial charge in [-0.25, -0.2) is 4.98 Å². The quantitative estimate of drug-likeness (QED) is 0.412. The standard InChI is InChI=1S/C15H11F2N3O2.C6H10N2/c16-15(17)22-13-4-2-1-3-11(13)12-6-9-5-10(19-8-21)7-18-14(9)20-12;1-4-5(2)7-8-6(4)3/h1-8,15H,(H,18,20)(H,19,21);1-3H3,(H,7,8). The predicted octanol–water partition coefficient (Wildman–Crippen LogP) is 4.73. The number of halogens is 2. The molecule has 0 saturated heterocycles. The SMILES string of the molecule is Cc1n[nH]c(C)c1C.O=CNc1cnc2[nH]c(-c3ccccc3OC(F)F)cc2c1. The summed E-state index contributed by atoms with van der Waals surface area (Å²) in [5, 5.41) is 10.1. The summed E-state index contributed by atoms with van der Waals surface area (Å²) in [5.74, 6) is 0.0790. The molecular formula is C21H21F2N5O2. The maximum atomic E-state index is 12.5. The van der Waals surface area contributed by atoms with E-state index in [1.165, 1.54) is 23.5 Å². The third kappa shape index (κ3) is 4.80. The molecule has 0 unspecified atom stereocenters. The predicted molar refractivity (Wildman–Crippen MR) is 111 cm³/mol. The lowest BCUT2D eigenvalue weighted by molar-refractivity contribution is -0.105. The number of hydrogen-bond donors (Lipinski definition) is 3. The largest absolute Gasteiger partial charge is 0.434 e. The van der Waals surface area contributed by atoms with Gasteiger partial charge in [-0.3, -0.25) is 9.89 Å². The molecule has 3 N–H and O–H groups in total. The first-order valence-electron chi connectivity index (χ1n) is 9.10. The molecular weight excluding hydrogens is 392 g/mol. The van der Waals surface area contributed by atoms with Gasteiger partial charge in [-0.15, -0.1) is 0 Å². The highest BCUT2D eigenvalue weighted by Crippen LogP contribution is 2.32. The summed E-state index contributed by atoms with van der Waals surface area (Å²) in [5.41, 5.74) is 5.77. The molecule has 0 saturated carbocycles. The molecule has 0 aliphatic heterocycles. The van der Waals surface area contributed by atoms with Crippen molar-refractivity contribution in [1.29, 1.82) is 0 Å². The molecule has 0 aliphatic rings. The molecule has 30 heavy (non-hydrogen) atoms. The summed E-state index contributed by atoms with van der Waals surface area (Å²) >= 11 is 0. The van der Waals surface area contributed by atoms with Crippen LogP contribution in [-0.4, -0.2) is 33.2 Å². The van der Waals surface area contributed by atoms with E-state index in [9.17, 15) is 13.6 Å². The summed E-state index contributed by atoms with van der Waals surface area (Å²) < 4.78 is 29.5. The zero-order valence-electron chi connectivity index (χ0n) is 16.7. The highest BCUT2D eigenvalue weighted by atomic mass is 19.3. The van der Waals surface area contributed by atoms with Crippen molar-refractivity contribution in [3.05, 3.63) is 59.5 Å². The molecule has 156 valence electrons. The summed E-state index contributed by atoms with van der Waals surface area (Å²) in [6.45, 7) is 3.19. The number of aromatic amines is 2. The fraction of sp³-hybridized carbons (Fsp3) is 0.190. The van der Waals surface area contributed by atoms with Crippen LogP contribution in [0.1, 0.15) is 17.0 Å². The van der Waals surface area contributed by atoms with Crippen LogP contribution in [0.25, 0.3) is 22.3 Å². The average Bonchev–Trinajstić information content (AvgIpc) is 3.27. The van der Waals surface area contributed by atoms with Gasteiger partial charge in [0.05, 0.1) is 23.3 Å². The van der Waals surface area contributed by atoms with Gasteiger partial charge in [0.25, 0.3) is 0 Å². The maximum absolute atomic E-state index is 12.5. The highest BCUT2D eigenvalue weighted by molar-refractivity contribution is 5.88. The van der Waals surface area contributed by atoms with Gasteiger partial charge in [0.1, 0.15) is 11.4 Å². The van der Waals surface area contributed by atoms with Crippen molar-refractivity contribution >= 4 is 23.1 Å². The molecule has 9 heteroatoms. The Morgan fingerprint density at radius 2 is 1.93 bits per heavy atom. The number of anilines is 1. The van der Waals surface area contributed by atoms with E-state index < -0.39 is 6.61 Å². The maximum Gasteiger partial charge on any atom is 0.387 e. The number of rotatable bonds is 5. The lowest BCUT2D eigenvalue weighted by Crippen LogP contribution is -2.02. The van der Waals surface area contributed by atoms with E-state index in [1.54, 1.807) is 30.3 Å². The first-order valence-corrected chi connectivity index (χ1v) is 9.10. The Bertz CT molecular complexity index is 1130. The van der Waals surface area contributed by atoms with Gasteiger partial charge < -0.3 is 15.0 Å². The number of ether oxygens (including phenoxy) is 1. The van der Waals surface area contributed by atoms with E-state index in [4.69, 9.17) is 0 Å². The number of aryl methyl sites for hydroxylation is 2. The Hall–Kier alpha value is -3.75. The molecule has 0 spiro atoms. The van der Waals surface area contributed by atoms with Crippen molar-refractivity contribution in [2.45, 2.75) is 27.4 Å². The summed E-state index contributed by atoms with van der Waals surface area (Å²) in [4.78, 5) is 17.7. The number of para-hydroxylation sites is 1. The first kappa shape index (κ1) is 21.0. The number of carbonyl (C=O) groups is 1. The van der Waals surface area contributed by atoms with Gasteiger partial charge in [0.2, 0.25) is 6.41 Å². The molecule has 1 amide bonds. The van der Waals surface area contributed by atoms with Crippen LogP contribution in [0, 0.1) is 20.8 Å². The van der Waals surface area contributed by atoms with Gasteiger partial charge >= 0.3 is 6.61 Å². The van der Waals surface area contributed by atoms with Crippen molar-refractivity contribution in [3.63, 3.8) is 0 Å². The van der Waals surface area contributed by atoms with Gasteiger partial charge in [-0.05, 0) is 50.6 Å².